The number of hydrogen-bond acceptors (Lipinski definition) is 6. The highest BCUT2D eigenvalue weighted by Crippen LogP contribution is 2.36. The molecule has 0 saturated carbocycles. The molecule has 2 rings (SSSR count). The monoisotopic (exact) mass is 362 g/mol. The van der Waals surface area contributed by atoms with Crippen LogP contribution in [0.4, 0.5) is 0 Å². The smallest absolute Gasteiger partial charge is 0.334 e. The Morgan fingerprint density at radius 3 is 2.69 bits per heavy atom. The molecule has 6 nitrogen and oxygen atoms in total. The molecular weight excluding hydrogens is 336 g/mol. The summed E-state index contributed by atoms with van der Waals surface area (Å²) in [5.41, 5.74) is 0.724. The molecule has 1 N–H and O–H groups in total. The van der Waals surface area contributed by atoms with Gasteiger partial charge in [-0.1, -0.05) is 32.1 Å². The molecule has 0 spiro atoms. The van der Waals surface area contributed by atoms with E-state index < -0.39 is 30.4 Å². The van der Waals surface area contributed by atoms with Crippen LogP contribution in [0, 0.1) is 5.92 Å². The molecule has 26 heavy (non-hydrogen) atoms. The lowest BCUT2D eigenvalue weighted by Gasteiger charge is -2.26. The van der Waals surface area contributed by atoms with Crippen molar-refractivity contribution in [2.24, 2.45) is 5.92 Å². The summed E-state index contributed by atoms with van der Waals surface area (Å²) in [5.74, 6) is -1.47. The molecule has 0 aliphatic carbocycles. The van der Waals surface area contributed by atoms with E-state index in [4.69, 9.17) is 14.2 Å². The molecule has 5 atom stereocenters. The highest BCUT2D eigenvalue weighted by Gasteiger charge is 2.45. The third kappa shape index (κ3) is 4.51. The van der Waals surface area contributed by atoms with Gasteiger partial charge in [0.25, 0.3) is 0 Å². The minimum absolute atomic E-state index is 0.210. The number of rotatable bonds is 9. The average Bonchev–Trinajstić information content (AvgIpc) is 3.06. The maximum atomic E-state index is 12.1. The van der Waals surface area contributed by atoms with E-state index in [0.29, 0.717) is 5.57 Å². The lowest BCUT2D eigenvalue weighted by atomic mass is 9.87. The van der Waals surface area contributed by atoms with Gasteiger partial charge in [0.05, 0.1) is 12.0 Å². The molecule has 1 fully saturated rings. The van der Waals surface area contributed by atoms with Crippen LogP contribution in [0.1, 0.15) is 33.1 Å². The van der Waals surface area contributed by atoms with Crippen LogP contribution < -0.4 is 0 Å². The molecule has 2 unspecified atom stereocenters. The zero-order valence-electron chi connectivity index (χ0n) is 15.2. The number of esters is 2. The quantitative estimate of drug-likeness (QED) is 0.294. The third-order valence-electron chi connectivity index (χ3n) is 4.47. The molecule has 0 bridgehead atoms. The fraction of sp³-hybridized carbons (Fsp3) is 0.500. The predicted molar refractivity (Wildman–Crippen MR) is 95.9 cm³/mol. The van der Waals surface area contributed by atoms with E-state index >= 15 is 0 Å². The second-order valence-electron chi connectivity index (χ2n) is 6.38. The van der Waals surface area contributed by atoms with Gasteiger partial charge in [0.1, 0.15) is 12.2 Å². The minimum atomic E-state index is -1.14. The summed E-state index contributed by atoms with van der Waals surface area (Å²) in [6.07, 6.45) is 5.58. The average molecular weight is 362 g/mol. The summed E-state index contributed by atoms with van der Waals surface area (Å²) < 4.78 is 16.2. The Kier molecular flexibility index (Phi) is 6.94. The Labute approximate surface area is 153 Å². The molecule has 0 aromatic carbocycles. The van der Waals surface area contributed by atoms with Gasteiger partial charge < -0.3 is 19.3 Å². The lowest BCUT2D eigenvalue weighted by Crippen LogP contribution is -2.33. The van der Waals surface area contributed by atoms with Gasteiger partial charge in [0, 0.05) is 17.6 Å². The topological polar surface area (TPSA) is 82.1 Å². The van der Waals surface area contributed by atoms with Gasteiger partial charge in [-0.3, -0.25) is 0 Å². The van der Waals surface area contributed by atoms with Crippen LogP contribution in [0.25, 0.3) is 0 Å². The number of carbonyl (C=O) groups excluding carboxylic acids is 2. The van der Waals surface area contributed by atoms with Gasteiger partial charge in [-0.15, -0.1) is 6.58 Å². The number of hydrogen-bond donors (Lipinski definition) is 1. The fourth-order valence-electron chi connectivity index (χ4n) is 3.22. The van der Waals surface area contributed by atoms with Crippen LogP contribution in [-0.2, 0) is 23.8 Å². The number of ether oxygens (including phenoxy) is 3. The Morgan fingerprint density at radius 2 is 2.08 bits per heavy atom. The van der Waals surface area contributed by atoms with Crippen molar-refractivity contribution in [3.63, 3.8) is 0 Å². The van der Waals surface area contributed by atoms with Crippen molar-refractivity contribution >= 4 is 11.9 Å². The molecule has 1 saturated heterocycles. The second-order valence-corrected chi connectivity index (χ2v) is 6.38. The maximum absolute atomic E-state index is 12.1. The van der Waals surface area contributed by atoms with Crippen molar-refractivity contribution in [1.82, 2.24) is 0 Å². The van der Waals surface area contributed by atoms with Crippen molar-refractivity contribution < 1.29 is 28.9 Å². The molecule has 0 radical (unpaired) electrons. The summed E-state index contributed by atoms with van der Waals surface area (Å²) in [7, 11) is 0. The highest BCUT2D eigenvalue weighted by atomic mass is 16.6. The first-order valence-electron chi connectivity index (χ1n) is 8.81. The number of carbonyl (C=O) groups is 2. The standard InChI is InChI=1S/C20H26O6/c1-5-8-14-10-13(20(23)24-14)11-16-18(12(4)19(22)26-16)15(7-3)25-17(21)9-6-2/h6-7,9-10,14-18,21H,3-5,8,11H2,1-2H3/b9-6+/t14?,15-,16+,17?,18+/m1/s1. The largest absolute Gasteiger partial charge is 0.458 e. The first kappa shape index (κ1) is 20.1. The molecule has 0 amide bonds. The SMILES string of the molecule is C=C[C@@H](OC(O)/C=C/C)[C@@H]1C(=C)C(=O)O[C@H]1CC1=CC(CCC)OC1=O. The highest BCUT2D eigenvalue weighted by molar-refractivity contribution is 5.93. The molecular formula is C20H26O6. The van der Waals surface area contributed by atoms with E-state index in [1.165, 1.54) is 12.2 Å². The zero-order valence-corrected chi connectivity index (χ0v) is 15.2. The summed E-state index contributed by atoms with van der Waals surface area (Å²) in [5, 5.41) is 9.87. The maximum Gasteiger partial charge on any atom is 0.334 e. The summed E-state index contributed by atoms with van der Waals surface area (Å²) >= 11 is 0. The minimum Gasteiger partial charge on any atom is -0.458 e. The molecule has 0 aromatic heterocycles. The Morgan fingerprint density at radius 1 is 1.35 bits per heavy atom. The summed E-state index contributed by atoms with van der Waals surface area (Å²) in [6, 6.07) is 0. The summed E-state index contributed by atoms with van der Waals surface area (Å²) in [6.45, 7) is 11.3. The molecule has 6 heteroatoms. The van der Waals surface area contributed by atoms with Gasteiger partial charge >= 0.3 is 11.9 Å². The zero-order chi connectivity index (χ0) is 19.3. The van der Waals surface area contributed by atoms with E-state index in [-0.39, 0.29) is 24.1 Å². The lowest BCUT2D eigenvalue weighted by molar-refractivity contribution is -0.144. The van der Waals surface area contributed by atoms with Crippen molar-refractivity contribution in [2.45, 2.75) is 57.7 Å². The van der Waals surface area contributed by atoms with Crippen LogP contribution >= 0.6 is 0 Å². The Hall–Kier alpha value is -2.18. The molecule has 2 heterocycles. The number of aliphatic hydroxyl groups is 1. The van der Waals surface area contributed by atoms with Gasteiger partial charge in [-0.05, 0) is 25.5 Å². The number of allylic oxidation sites excluding steroid dienone is 1. The van der Waals surface area contributed by atoms with E-state index in [0.717, 1.165) is 12.8 Å². The Bertz CT molecular complexity index is 632. The third-order valence-corrected chi connectivity index (χ3v) is 4.47. The van der Waals surface area contributed by atoms with E-state index in [1.807, 2.05) is 6.92 Å². The molecule has 2 aliphatic heterocycles. The Balaban J connectivity index is 2.16. The predicted octanol–water partition coefficient (Wildman–Crippen LogP) is 2.59. The van der Waals surface area contributed by atoms with E-state index in [2.05, 4.69) is 13.2 Å². The van der Waals surface area contributed by atoms with E-state index in [9.17, 15) is 14.7 Å². The van der Waals surface area contributed by atoms with E-state index in [1.54, 1.807) is 19.1 Å². The molecule has 142 valence electrons. The van der Waals surface area contributed by atoms with Crippen LogP contribution in [0.3, 0.4) is 0 Å². The van der Waals surface area contributed by atoms with Crippen LogP contribution in [0.2, 0.25) is 0 Å². The van der Waals surface area contributed by atoms with Gasteiger partial charge in [0.2, 0.25) is 0 Å². The van der Waals surface area contributed by atoms with Gasteiger partial charge in [-0.25, -0.2) is 9.59 Å². The van der Waals surface area contributed by atoms with Crippen molar-refractivity contribution in [3.8, 4) is 0 Å². The number of aliphatic hydroxyl groups excluding tert-OH is 1. The first-order valence-corrected chi connectivity index (χ1v) is 8.81. The molecule has 2 aliphatic rings. The van der Waals surface area contributed by atoms with Gasteiger partial charge in [-0.2, -0.15) is 0 Å². The normalized spacial score (nSPS) is 28.0. The van der Waals surface area contributed by atoms with Crippen molar-refractivity contribution in [3.05, 3.63) is 48.6 Å². The molecule has 0 aromatic rings. The van der Waals surface area contributed by atoms with Crippen LogP contribution in [0.15, 0.2) is 48.6 Å². The first-order chi connectivity index (χ1) is 12.4. The van der Waals surface area contributed by atoms with Crippen molar-refractivity contribution in [2.75, 3.05) is 0 Å². The van der Waals surface area contributed by atoms with Gasteiger partial charge in [0.15, 0.2) is 6.29 Å². The summed E-state index contributed by atoms with van der Waals surface area (Å²) in [4.78, 5) is 24.1. The fourth-order valence-corrected chi connectivity index (χ4v) is 3.22. The van der Waals surface area contributed by atoms with Crippen LogP contribution in [0.5, 0.6) is 0 Å². The number of cyclic esters (lactones) is 2. The van der Waals surface area contributed by atoms with Crippen molar-refractivity contribution in [1.29, 1.82) is 0 Å². The second kappa shape index (κ2) is 8.96. The van der Waals surface area contributed by atoms with Crippen LogP contribution in [-0.4, -0.2) is 41.6 Å².